The minimum Gasteiger partial charge on any atom is -0.493 e. The van der Waals surface area contributed by atoms with Gasteiger partial charge in [0.05, 0.1) is 20.8 Å². The fourth-order valence-corrected chi connectivity index (χ4v) is 1.82. The van der Waals surface area contributed by atoms with Crippen molar-refractivity contribution >= 4 is 12.0 Å². The molecule has 7 nitrogen and oxygen atoms in total. The molecule has 0 aliphatic carbocycles. The number of hydrogen-bond acceptors (Lipinski definition) is 5. The highest BCUT2D eigenvalue weighted by atomic mass is 16.5. The number of carbonyl (C=O) groups is 1. The van der Waals surface area contributed by atoms with Gasteiger partial charge in [0.25, 0.3) is 0 Å². The van der Waals surface area contributed by atoms with Crippen molar-refractivity contribution in [2.24, 2.45) is 0 Å². The molecule has 0 atom stereocenters. The summed E-state index contributed by atoms with van der Waals surface area (Å²) in [6.07, 6.45) is 3.14. The van der Waals surface area contributed by atoms with Gasteiger partial charge in [-0.2, -0.15) is 5.10 Å². The second kappa shape index (κ2) is 7.26. The van der Waals surface area contributed by atoms with Crippen LogP contribution in [0.4, 0.5) is 0 Å². The lowest BCUT2D eigenvalue weighted by Crippen LogP contribution is -2.20. The van der Waals surface area contributed by atoms with Crippen molar-refractivity contribution in [2.45, 2.75) is 13.5 Å². The monoisotopic (exact) mass is 302 g/mol. The van der Waals surface area contributed by atoms with Crippen LogP contribution in [0.2, 0.25) is 0 Å². The molecule has 1 amide bonds. The predicted molar refractivity (Wildman–Crippen MR) is 81.5 cm³/mol. The zero-order chi connectivity index (χ0) is 15.9. The zero-order valence-corrected chi connectivity index (χ0v) is 12.7. The number of amides is 1. The Bertz CT molecular complexity index is 679. The van der Waals surface area contributed by atoms with Crippen LogP contribution >= 0.6 is 0 Å². The van der Waals surface area contributed by atoms with Crippen molar-refractivity contribution in [3.63, 3.8) is 0 Å². The lowest BCUT2D eigenvalue weighted by Gasteiger charge is -2.07. The van der Waals surface area contributed by atoms with E-state index in [0.29, 0.717) is 23.1 Å². The second-order valence-electron chi connectivity index (χ2n) is 4.50. The van der Waals surface area contributed by atoms with Crippen molar-refractivity contribution in [2.75, 3.05) is 14.2 Å². The largest absolute Gasteiger partial charge is 0.493 e. The van der Waals surface area contributed by atoms with Gasteiger partial charge in [0.2, 0.25) is 5.91 Å². The number of nitrogens with zero attached hydrogens (tertiary/aromatic N) is 2. The number of methoxy groups -OCH3 is 2. The van der Waals surface area contributed by atoms with Crippen LogP contribution in [0.25, 0.3) is 6.08 Å². The Morgan fingerprint density at radius 1 is 1.32 bits per heavy atom. The van der Waals surface area contributed by atoms with Gasteiger partial charge in [-0.15, -0.1) is 0 Å². The van der Waals surface area contributed by atoms with Crippen molar-refractivity contribution in [3.05, 3.63) is 41.5 Å². The molecule has 0 saturated heterocycles. The summed E-state index contributed by atoms with van der Waals surface area (Å²) in [4.78, 5) is 15.9. The lowest BCUT2D eigenvalue weighted by molar-refractivity contribution is -0.116. The third-order valence-corrected chi connectivity index (χ3v) is 2.90. The first-order chi connectivity index (χ1) is 10.6. The SMILES string of the molecule is COc1ccc(/C=C/C(=O)NCc2n[nH]c(C)n2)cc1OC. The van der Waals surface area contributed by atoms with Crippen LogP contribution in [-0.4, -0.2) is 35.3 Å². The molecule has 1 aromatic carbocycles. The van der Waals surface area contributed by atoms with Gasteiger partial charge >= 0.3 is 0 Å². The Kier molecular flexibility index (Phi) is 5.13. The number of hydrogen-bond donors (Lipinski definition) is 2. The molecule has 1 heterocycles. The Balaban J connectivity index is 1.94. The Labute approximate surface area is 128 Å². The molecule has 0 aliphatic heterocycles. The van der Waals surface area contributed by atoms with Gasteiger partial charge in [0.15, 0.2) is 17.3 Å². The number of ether oxygens (including phenoxy) is 2. The highest BCUT2D eigenvalue weighted by molar-refractivity contribution is 5.91. The Morgan fingerprint density at radius 3 is 2.73 bits per heavy atom. The fraction of sp³-hybridized carbons (Fsp3) is 0.267. The molecule has 0 saturated carbocycles. The molecule has 116 valence electrons. The number of aromatic nitrogens is 3. The van der Waals surface area contributed by atoms with Crippen molar-refractivity contribution in [3.8, 4) is 11.5 Å². The average Bonchev–Trinajstić information content (AvgIpc) is 2.96. The third kappa shape index (κ3) is 4.08. The molecule has 0 fully saturated rings. The summed E-state index contributed by atoms with van der Waals surface area (Å²) in [6, 6.07) is 5.41. The number of carbonyl (C=O) groups excluding carboxylic acids is 1. The van der Waals surface area contributed by atoms with Crippen LogP contribution in [0, 0.1) is 6.92 Å². The molecular weight excluding hydrogens is 284 g/mol. The van der Waals surface area contributed by atoms with E-state index in [9.17, 15) is 4.79 Å². The molecular formula is C15H18N4O3. The molecule has 2 N–H and O–H groups in total. The van der Waals surface area contributed by atoms with Gasteiger partial charge in [-0.1, -0.05) is 6.07 Å². The highest BCUT2D eigenvalue weighted by Crippen LogP contribution is 2.27. The van der Waals surface area contributed by atoms with Crippen LogP contribution in [0.5, 0.6) is 11.5 Å². The van der Waals surface area contributed by atoms with Crippen LogP contribution in [0.15, 0.2) is 24.3 Å². The van der Waals surface area contributed by atoms with E-state index in [1.54, 1.807) is 39.4 Å². The van der Waals surface area contributed by atoms with Crippen molar-refractivity contribution in [1.82, 2.24) is 20.5 Å². The van der Waals surface area contributed by atoms with E-state index in [2.05, 4.69) is 20.5 Å². The van der Waals surface area contributed by atoms with Crippen LogP contribution in [0.1, 0.15) is 17.2 Å². The van der Waals surface area contributed by atoms with Crippen LogP contribution in [-0.2, 0) is 11.3 Å². The standard InChI is InChI=1S/C15H18N4O3/c1-10-17-14(19-18-10)9-16-15(20)7-5-11-4-6-12(21-2)13(8-11)22-3/h4-8H,9H2,1-3H3,(H,16,20)(H,17,18,19)/b7-5+. The minimum absolute atomic E-state index is 0.225. The van der Waals surface area contributed by atoms with Gasteiger partial charge in [-0.3, -0.25) is 9.89 Å². The third-order valence-electron chi connectivity index (χ3n) is 2.90. The molecule has 0 radical (unpaired) electrons. The maximum atomic E-state index is 11.8. The lowest BCUT2D eigenvalue weighted by atomic mass is 10.2. The van der Waals surface area contributed by atoms with Crippen molar-refractivity contribution < 1.29 is 14.3 Å². The summed E-state index contributed by atoms with van der Waals surface area (Å²) >= 11 is 0. The topological polar surface area (TPSA) is 89.1 Å². The Morgan fingerprint density at radius 2 is 2.09 bits per heavy atom. The molecule has 22 heavy (non-hydrogen) atoms. The maximum Gasteiger partial charge on any atom is 0.244 e. The summed E-state index contributed by atoms with van der Waals surface area (Å²) in [6.45, 7) is 2.08. The molecule has 2 rings (SSSR count). The maximum absolute atomic E-state index is 11.8. The summed E-state index contributed by atoms with van der Waals surface area (Å²) in [5.74, 6) is 2.29. The van der Waals surface area contributed by atoms with E-state index >= 15 is 0 Å². The van der Waals surface area contributed by atoms with Crippen molar-refractivity contribution in [1.29, 1.82) is 0 Å². The van der Waals surface area contributed by atoms with Gasteiger partial charge in [0.1, 0.15) is 5.82 Å². The number of aromatic amines is 1. The molecule has 2 aromatic rings. The van der Waals surface area contributed by atoms with Gasteiger partial charge in [-0.05, 0) is 30.7 Å². The molecule has 7 heteroatoms. The van der Waals surface area contributed by atoms with E-state index in [-0.39, 0.29) is 12.5 Å². The van der Waals surface area contributed by atoms with Crippen LogP contribution in [0.3, 0.4) is 0 Å². The summed E-state index contributed by atoms with van der Waals surface area (Å²) in [5.41, 5.74) is 0.835. The highest BCUT2D eigenvalue weighted by Gasteiger charge is 2.04. The van der Waals surface area contributed by atoms with E-state index < -0.39 is 0 Å². The molecule has 0 spiro atoms. The van der Waals surface area contributed by atoms with Gasteiger partial charge in [0, 0.05) is 6.08 Å². The van der Waals surface area contributed by atoms with E-state index in [1.807, 2.05) is 6.07 Å². The summed E-state index contributed by atoms with van der Waals surface area (Å²) in [5, 5.41) is 9.37. The first-order valence-corrected chi connectivity index (χ1v) is 6.68. The van der Waals surface area contributed by atoms with E-state index in [4.69, 9.17) is 9.47 Å². The number of aryl methyl sites for hydroxylation is 1. The molecule has 1 aromatic heterocycles. The smallest absolute Gasteiger partial charge is 0.244 e. The number of rotatable bonds is 6. The number of H-pyrrole nitrogens is 1. The van der Waals surface area contributed by atoms with Gasteiger partial charge in [-0.25, -0.2) is 4.98 Å². The average molecular weight is 302 g/mol. The van der Waals surface area contributed by atoms with Gasteiger partial charge < -0.3 is 14.8 Å². The first kappa shape index (κ1) is 15.6. The fourth-order valence-electron chi connectivity index (χ4n) is 1.82. The number of nitrogens with one attached hydrogen (secondary N) is 2. The number of benzene rings is 1. The summed E-state index contributed by atoms with van der Waals surface area (Å²) in [7, 11) is 3.14. The van der Waals surface area contributed by atoms with E-state index in [1.165, 1.54) is 6.08 Å². The molecule has 0 aliphatic rings. The minimum atomic E-state index is -0.225. The Hall–Kier alpha value is -2.83. The summed E-state index contributed by atoms with van der Waals surface area (Å²) < 4.78 is 10.4. The molecule has 0 bridgehead atoms. The first-order valence-electron chi connectivity index (χ1n) is 6.68. The molecule has 0 unspecified atom stereocenters. The second-order valence-corrected chi connectivity index (χ2v) is 4.50. The quantitative estimate of drug-likeness (QED) is 0.789. The predicted octanol–water partition coefficient (Wildman–Crippen LogP) is 1.46. The zero-order valence-electron chi connectivity index (χ0n) is 12.7. The normalized spacial score (nSPS) is 10.7. The van der Waals surface area contributed by atoms with Crippen LogP contribution < -0.4 is 14.8 Å². The van der Waals surface area contributed by atoms with E-state index in [0.717, 1.165) is 5.56 Å².